The molecule has 0 spiro atoms. The van der Waals surface area contributed by atoms with Crippen LogP contribution in [0, 0.1) is 26.7 Å². The van der Waals surface area contributed by atoms with Crippen LogP contribution >= 0.6 is 0 Å². The molecule has 2 N–H and O–H groups in total. The van der Waals surface area contributed by atoms with Crippen LogP contribution in [0.1, 0.15) is 35.5 Å². The van der Waals surface area contributed by atoms with Gasteiger partial charge in [-0.1, -0.05) is 12.1 Å². The van der Waals surface area contributed by atoms with E-state index in [4.69, 9.17) is 24.2 Å². The summed E-state index contributed by atoms with van der Waals surface area (Å²) in [6.07, 6.45) is 1.91. The van der Waals surface area contributed by atoms with E-state index in [-0.39, 0.29) is 5.92 Å². The number of piperazine rings is 1. The van der Waals surface area contributed by atoms with Gasteiger partial charge in [-0.05, 0) is 76.0 Å². The van der Waals surface area contributed by atoms with Crippen molar-refractivity contribution in [3.63, 3.8) is 0 Å². The molecule has 2 aliphatic heterocycles. The Kier molecular flexibility index (Phi) is 8.92. The number of carbonyl (C=O) groups is 3. The van der Waals surface area contributed by atoms with Crippen molar-refractivity contribution in [2.45, 2.75) is 40.2 Å². The predicted octanol–water partition coefficient (Wildman–Crippen LogP) is 2.92. The minimum atomic E-state index is -1.82. The Bertz CT molecular complexity index is 1020. The van der Waals surface area contributed by atoms with E-state index in [1.807, 2.05) is 13.0 Å². The van der Waals surface area contributed by atoms with Crippen LogP contribution in [-0.2, 0) is 20.9 Å². The number of piperidine rings is 1. The number of hydrogen-bond acceptors (Lipinski definition) is 6. The Labute approximate surface area is 205 Å². The summed E-state index contributed by atoms with van der Waals surface area (Å²) in [6, 6.07) is 10.6. The van der Waals surface area contributed by atoms with Gasteiger partial charge >= 0.3 is 11.9 Å². The van der Waals surface area contributed by atoms with Crippen LogP contribution < -0.4 is 4.90 Å². The summed E-state index contributed by atoms with van der Waals surface area (Å²) in [5.74, 6) is -1.12. The number of rotatable bonds is 4. The Morgan fingerprint density at radius 2 is 1.51 bits per heavy atom. The smallest absolute Gasteiger partial charge is 0.414 e. The van der Waals surface area contributed by atoms with Gasteiger partial charge in [0.05, 0.1) is 6.54 Å². The van der Waals surface area contributed by atoms with E-state index < -0.39 is 11.9 Å². The van der Waals surface area contributed by atoms with E-state index >= 15 is 0 Å². The van der Waals surface area contributed by atoms with Crippen LogP contribution in [0.2, 0.25) is 0 Å². The average molecular weight is 486 g/mol. The zero-order valence-corrected chi connectivity index (χ0v) is 20.7. The number of carboxylic acid groups (broad SMARTS) is 2. The number of amides is 1. The number of nitrogens with zero attached hydrogens (tertiary/aromatic N) is 3. The lowest BCUT2D eigenvalue weighted by atomic mass is 9.95. The fourth-order valence-corrected chi connectivity index (χ4v) is 4.63. The second kappa shape index (κ2) is 11.9. The number of anilines is 1. The highest BCUT2D eigenvalue weighted by Crippen LogP contribution is 2.26. The van der Waals surface area contributed by atoms with Crippen molar-refractivity contribution < 1.29 is 29.0 Å². The third kappa shape index (κ3) is 7.08. The second-order valence-electron chi connectivity index (χ2n) is 9.20. The molecule has 190 valence electrons. The normalized spacial score (nSPS) is 17.0. The largest absolute Gasteiger partial charge is 0.473 e. The molecule has 2 saturated heterocycles. The molecule has 2 aromatic rings. The highest BCUT2D eigenvalue weighted by molar-refractivity contribution is 6.27. The average Bonchev–Trinajstić information content (AvgIpc) is 3.26. The van der Waals surface area contributed by atoms with Gasteiger partial charge in [0.2, 0.25) is 5.91 Å². The summed E-state index contributed by atoms with van der Waals surface area (Å²) in [4.78, 5) is 38.2. The standard InChI is InChI=1S/C24H33N3O2.C2H2O4/c1-18-5-4-6-23(20(18)3)26-13-15-27(16-14-26)24(28)21-9-11-25(12-10-21)17-22-8-7-19(2)29-22;3-1(4)2(5)6/h4-8,21H,9-17H2,1-3H3;(H,3,4)(H,5,6). The van der Waals surface area contributed by atoms with Crippen molar-refractivity contribution >= 4 is 23.5 Å². The second-order valence-corrected chi connectivity index (χ2v) is 9.20. The quantitative estimate of drug-likeness (QED) is 0.636. The predicted molar refractivity (Wildman–Crippen MR) is 131 cm³/mol. The first-order valence-electron chi connectivity index (χ1n) is 12.0. The number of hydrogen-bond donors (Lipinski definition) is 2. The van der Waals surface area contributed by atoms with Gasteiger partial charge in [0.1, 0.15) is 11.5 Å². The summed E-state index contributed by atoms with van der Waals surface area (Å²) < 4.78 is 5.70. The third-order valence-corrected chi connectivity index (χ3v) is 6.80. The zero-order valence-electron chi connectivity index (χ0n) is 20.7. The molecule has 2 aliphatic rings. The highest BCUT2D eigenvalue weighted by Gasteiger charge is 2.31. The molecule has 0 saturated carbocycles. The van der Waals surface area contributed by atoms with Crippen LogP contribution in [0.4, 0.5) is 5.69 Å². The monoisotopic (exact) mass is 485 g/mol. The molecule has 0 bridgehead atoms. The maximum Gasteiger partial charge on any atom is 0.414 e. The number of carbonyl (C=O) groups excluding carboxylic acids is 1. The molecule has 2 fully saturated rings. The SMILES string of the molecule is Cc1ccc(CN2CCC(C(=O)N3CCN(c4cccc(C)c4C)CC3)CC2)o1.O=C(O)C(=O)O. The lowest BCUT2D eigenvalue weighted by Crippen LogP contribution is -2.51. The number of aryl methyl sites for hydroxylation is 2. The molecule has 0 atom stereocenters. The Hall–Kier alpha value is -3.33. The molecule has 9 heteroatoms. The van der Waals surface area contributed by atoms with E-state index in [0.29, 0.717) is 5.91 Å². The molecule has 35 heavy (non-hydrogen) atoms. The van der Waals surface area contributed by atoms with Crippen LogP contribution in [0.15, 0.2) is 34.7 Å². The molecule has 0 aliphatic carbocycles. The minimum absolute atomic E-state index is 0.178. The maximum absolute atomic E-state index is 13.1. The topological polar surface area (TPSA) is 115 Å². The third-order valence-electron chi connectivity index (χ3n) is 6.80. The van der Waals surface area contributed by atoms with E-state index in [2.05, 4.69) is 52.8 Å². The van der Waals surface area contributed by atoms with Crippen LogP contribution in [0.25, 0.3) is 0 Å². The summed E-state index contributed by atoms with van der Waals surface area (Å²) in [6.45, 7) is 12.6. The summed E-state index contributed by atoms with van der Waals surface area (Å²) in [7, 11) is 0. The Balaban J connectivity index is 0.000000509. The number of likely N-dealkylation sites (tertiary alicyclic amines) is 1. The van der Waals surface area contributed by atoms with Gasteiger partial charge in [0.15, 0.2) is 0 Å². The number of furan rings is 1. The molecule has 0 unspecified atom stereocenters. The fraction of sp³-hybridized carbons (Fsp3) is 0.500. The van der Waals surface area contributed by atoms with Crippen LogP contribution in [0.3, 0.4) is 0 Å². The van der Waals surface area contributed by atoms with Gasteiger partial charge in [-0.3, -0.25) is 9.69 Å². The molecular weight excluding hydrogens is 450 g/mol. The number of carboxylic acids is 2. The van der Waals surface area contributed by atoms with Crippen LogP contribution in [0.5, 0.6) is 0 Å². The van der Waals surface area contributed by atoms with Crippen LogP contribution in [-0.4, -0.2) is 77.1 Å². The molecule has 4 rings (SSSR count). The van der Waals surface area contributed by atoms with Crippen molar-refractivity contribution in [3.8, 4) is 0 Å². The molecule has 0 radical (unpaired) electrons. The molecule has 1 aromatic heterocycles. The summed E-state index contributed by atoms with van der Waals surface area (Å²) in [5, 5.41) is 14.8. The van der Waals surface area contributed by atoms with E-state index in [0.717, 1.165) is 70.2 Å². The fourth-order valence-electron chi connectivity index (χ4n) is 4.63. The van der Waals surface area contributed by atoms with Gasteiger partial charge < -0.3 is 24.4 Å². The lowest BCUT2D eigenvalue weighted by Gasteiger charge is -2.39. The van der Waals surface area contributed by atoms with Gasteiger partial charge in [-0.25, -0.2) is 9.59 Å². The Morgan fingerprint density at radius 3 is 2.06 bits per heavy atom. The van der Waals surface area contributed by atoms with E-state index in [1.54, 1.807) is 0 Å². The lowest BCUT2D eigenvalue weighted by molar-refractivity contribution is -0.159. The molecule has 1 aromatic carbocycles. The molecular formula is C26H35N3O6. The Morgan fingerprint density at radius 1 is 0.886 bits per heavy atom. The molecule has 3 heterocycles. The van der Waals surface area contributed by atoms with Crippen molar-refractivity contribution in [2.24, 2.45) is 5.92 Å². The number of benzene rings is 1. The molecule has 1 amide bonds. The first kappa shape index (κ1) is 26.3. The first-order chi connectivity index (χ1) is 16.7. The minimum Gasteiger partial charge on any atom is -0.473 e. The van der Waals surface area contributed by atoms with Gasteiger partial charge in [0, 0.05) is 37.8 Å². The van der Waals surface area contributed by atoms with Crippen molar-refractivity contribution in [3.05, 3.63) is 53.0 Å². The van der Waals surface area contributed by atoms with Crippen molar-refractivity contribution in [1.82, 2.24) is 9.80 Å². The molecule has 9 nitrogen and oxygen atoms in total. The highest BCUT2D eigenvalue weighted by atomic mass is 16.4. The van der Waals surface area contributed by atoms with Gasteiger partial charge in [0.25, 0.3) is 0 Å². The van der Waals surface area contributed by atoms with Crippen molar-refractivity contribution in [2.75, 3.05) is 44.2 Å². The zero-order chi connectivity index (χ0) is 25.5. The van der Waals surface area contributed by atoms with Crippen molar-refractivity contribution in [1.29, 1.82) is 0 Å². The van der Waals surface area contributed by atoms with E-state index in [1.165, 1.54) is 16.8 Å². The van der Waals surface area contributed by atoms with E-state index in [9.17, 15) is 4.79 Å². The number of aliphatic carboxylic acids is 2. The maximum atomic E-state index is 13.1. The summed E-state index contributed by atoms with van der Waals surface area (Å²) >= 11 is 0. The summed E-state index contributed by atoms with van der Waals surface area (Å²) in [5.41, 5.74) is 4.00. The first-order valence-corrected chi connectivity index (χ1v) is 12.0. The van der Waals surface area contributed by atoms with Gasteiger partial charge in [-0.2, -0.15) is 0 Å². The van der Waals surface area contributed by atoms with Gasteiger partial charge in [-0.15, -0.1) is 0 Å².